The van der Waals surface area contributed by atoms with Gasteiger partial charge in [0, 0.05) is 5.69 Å². The van der Waals surface area contributed by atoms with Crippen molar-refractivity contribution in [2.75, 3.05) is 17.7 Å². The Kier molecular flexibility index (Phi) is 6.14. The van der Waals surface area contributed by atoms with Crippen molar-refractivity contribution in [2.24, 2.45) is 0 Å². The monoisotopic (exact) mass is 428 g/mol. The highest BCUT2D eigenvalue weighted by molar-refractivity contribution is 7.19. The van der Waals surface area contributed by atoms with E-state index in [0.29, 0.717) is 26.0 Å². The van der Waals surface area contributed by atoms with Crippen molar-refractivity contribution >= 4 is 51.1 Å². The maximum atomic E-state index is 12.9. The molecular weight excluding hydrogens is 408 g/mol. The van der Waals surface area contributed by atoms with Crippen LogP contribution in [0.15, 0.2) is 35.7 Å². The first-order valence-electron chi connectivity index (χ1n) is 8.76. The molecule has 2 aromatic heterocycles. The third-order valence-electron chi connectivity index (χ3n) is 4.19. The molecule has 0 bridgehead atoms. The lowest BCUT2D eigenvalue weighted by Crippen LogP contribution is -2.13. The Bertz CT molecular complexity index is 1060. The van der Waals surface area contributed by atoms with Gasteiger partial charge in [0.05, 0.1) is 22.4 Å². The standard InChI is InChI=1S/C21H20N2O4S2/c1-11-8-12(2)10-14(9-11)22-19(25)17-13(3)16(21(26)27-4)20(29-17)23-18(24)15-6-5-7-28-15/h5-10H,1-4H3,(H,22,25)(H,23,24). The predicted octanol–water partition coefficient (Wildman–Crippen LogP) is 5.03. The van der Waals surface area contributed by atoms with Gasteiger partial charge in [0.2, 0.25) is 0 Å². The summed E-state index contributed by atoms with van der Waals surface area (Å²) >= 11 is 2.34. The van der Waals surface area contributed by atoms with Crippen LogP contribution in [0.2, 0.25) is 0 Å². The smallest absolute Gasteiger partial charge is 0.341 e. The topological polar surface area (TPSA) is 84.5 Å². The molecule has 2 heterocycles. The summed E-state index contributed by atoms with van der Waals surface area (Å²) in [4.78, 5) is 38.5. The molecule has 150 valence electrons. The second-order valence-electron chi connectivity index (χ2n) is 6.51. The first kappa shape index (κ1) is 20.8. The van der Waals surface area contributed by atoms with Gasteiger partial charge in [0.1, 0.15) is 5.00 Å². The zero-order valence-corrected chi connectivity index (χ0v) is 18.0. The Morgan fingerprint density at radius 1 is 0.966 bits per heavy atom. The number of rotatable bonds is 5. The minimum absolute atomic E-state index is 0.188. The highest BCUT2D eigenvalue weighted by Gasteiger charge is 2.26. The van der Waals surface area contributed by atoms with E-state index < -0.39 is 5.97 Å². The maximum Gasteiger partial charge on any atom is 0.341 e. The highest BCUT2D eigenvalue weighted by Crippen LogP contribution is 2.35. The number of aryl methyl sites for hydroxylation is 2. The Morgan fingerprint density at radius 3 is 2.24 bits per heavy atom. The van der Waals surface area contributed by atoms with Gasteiger partial charge in [-0.2, -0.15) is 0 Å². The van der Waals surface area contributed by atoms with Crippen molar-refractivity contribution in [1.82, 2.24) is 0 Å². The second kappa shape index (κ2) is 8.59. The molecule has 0 saturated heterocycles. The van der Waals surface area contributed by atoms with Crippen LogP contribution in [-0.2, 0) is 4.74 Å². The number of amides is 2. The van der Waals surface area contributed by atoms with Crippen LogP contribution in [0.1, 0.15) is 46.4 Å². The van der Waals surface area contributed by atoms with Crippen molar-refractivity contribution in [3.63, 3.8) is 0 Å². The Morgan fingerprint density at radius 2 is 1.66 bits per heavy atom. The van der Waals surface area contributed by atoms with Gasteiger partial charge in [-0.05, 0) is 61.0 Å². The molecule has 6 nitrogen and oxygen atoms in total. The van der Waals surface area contributed by atoms with E-state index >= 15 is 0 Å². The summed E-state index contributed by atoms with van der Waals surface area (Å²) in [6.07, 6.45) is 0. The molecular formula is C21H20N2O4S2. The summed E-state index contributed by atoms with van der Waals surface area (Å²) in [5, 5.41) is 7.68. The van der Waals surface area contributed by atoms with E-state index in [9.17, 15) is 14.4 Å². The zero-order valence-electron chi connectivity index (χ0n) is 16.4. The van der Waals surface area contributed by atoms with Crippen LogP contribution in [0.4, 0.5) is 10.7 Å². The third kappa shape index (κ3) is 4.55. The van der Waals surface area contributed by atoms with Gasteiger partial charge in [-0.1, -0.05) is 12.1 Å². The number of carbonyl (C=O) groups is 3. The zero-order chi connectivity index (χ0) is 21.1. The number of ether oxygens (including phenoxy) is 1. The highest BCUT2D eigenvalue weighted by atomic mass is 32.1. The number of benzene rings is 1. The van der Waals surface area contributed by atoms with Crippen molar-refractivity contribution in [2.45, 2.75) is 20.8 Å². The molecule has 0 aliphatic rings. The van der Waals surface area contributed by atoms with E-state index in [0.717, 1.165) is 22.5 Å². The molecule has 0 aliphatic carbocycles. The average Bonchev–Trinajstić information content (AvgIpc) is 3.28. The normalized spacial score (nSPS) is 10.5. The molecule has 0 aliphatic heterocycles. The van der Waals surface area contributed by atoms with Crippen molar-refractivity contribution in [1.29, 1.82) is 0 Å². The van der Waals surface area contributed by atoms with Crippen molar-refractivity contribution in [3.8, 4) is 0 Å². The van der Waals surface area contributed by atoms with Crippen LogP contribution in [0.25, 0.3) is 0 Å². The SMILES string of the molecule is COC(=O)c1c(NC(=O)c2cccs2)sc(C(=O)Nc2cc(C)cc(C)c2)c1C. The quantitative estimate of drug-likeness (QED) is 0.559. The summed E-state index contributed by atoms with van der Waals surface area (Å²) in [6.45, 7) is 5.57. The van der Waals surface area contributed by atoms with E-state index in [1.165, 1.54) is 18.4 Å². The first-order chi connectivity index (χ1) is 13.8. The average molecular weight is 429 g/mol. The van der Waals surface area contributed by atoms with Crippen LogP contribution < -0.4 is 10.6 Å². The van der Waals surface area contributed by atoms with Gasteiger partial charge in [-0.15, -0.1) is 22.7 Å². The number of thiophene rings is 2. The minimum Gasteiger partial charge on any atom is -0.465 e. The lowest BCUT2D eigenvalue weighted by atomic mass is 10.1. The first-order valence-corrected chi connectivity index (χ1v) is 10.5. The Balaban J connectivity index is 1.94. The lowest BCUT2D eigenvalue weighted by Gasteiger charge is -2.07. The van der Waals surface area contributed by atoms with Gasteiger partial charge in [0.15, 0.2) is 0 Å². The number of carbonyl (C=O) groups excluding carboxylic acids is 3. The van der Waals surface area contributed by atoms with Gasteiger partial charge < -0.3 is 15.4 Å². The maximum absolute atomic E-state index is 12.9. The molecule has 0 fully saturated rings. The summed E-state index contributed by atoms with van der Waals surface area (Å²) in [6, 6.07) is 9.21. The molecule has 0 radical (unpaired) electrons. The van der Waals surface area contributed by atoms with E-state index in [1.807, 2.05) is 32.0 Å². The van der Waals surface area contributed by atoms with E-state index in [4.69, 9.17) is 4.74 Å². The Labute approximate surface area is 176 Å². The van der Waals surface area contributed by atoms with Crippen LogP contribution >= 0.6 is 22.7 Å². The predicted molar refractivity (Wildman–Crippen MR) is 117 cm³/mol. The van der Waals surface area contributed by atoms with Gasteiger partial charge in [0.25, 0.3) is 11.8 Å². The van der Waals surface area contributed by atoms with Crippen LogP contribution in [0.5, 0.6) is 0 Å². The molecule has 0 atom stereocenters. The molecule has 0 spiro atoms. The number of hydrogen-bond donors (Lipinski definition) is 2. The van der Waals surface area contributed by atoms with Crippen molar-refractivity contribution in [3.05, 3.63) is 67.7 Å². The van der Waals surface area contributed by atoms with Crippen LogP contribution in [0, 0.1) is 20.8 Å². The molecule has 0 unspecified atom stereocenters. The second-order valence-corrected chi connectivity index (χ2v) is 8.48. The largest absolute Gasteiger partial charge is 0.465 e. The number of esters is 1. The molecule has 3 rings (SSSR count). The van der Waals surface area contributed by atoms with Gasteiger partial charge >= 0.3 is 5.97 Å². The summed E-state index contributed by atoms with van der Waals surface area (Å²) in [7, 11) is 1.26. The summed E-state index contributed by atoms with van der Waals surface area (Å²) < 4.78 is 4.86. The molecule has 2 N–H and O–H groups in total. The number of anilines is 2. The van der Waals surface area contributed by atoms with E-state index in [2.05, 4.69) is 10.6 Å². The van der Waals surface area contributed by atoms with Crippen molar-refractivity contribution < 1.29 is 19.1 Å². The Hall–Kier alpha value is -2.97. The summed E-state index contributed by atoms with van der Waals surface area (Å²) in [5.74, 6) is -1.29. The summed E-state index contributed by atoms with van der Waals surface area (Å²) in [5.41, 5.74) is 3.38. The fourth-order valence-electron chi connectivity index (χ4n) is 2.97. The van der Waals surface area contributed by atoms with Crippen LogP contribution in [-0.4, -0.2) is 24.9 Å². The fraction of sp³-hybridized carbons (Fsp3) is 0.190. The number of hydrogen-bond acceptors (Lipinski definition) is 6. The molecule has 8 heteroatoms. The van der Waals surface area contributed by atoms with Gasteiger partial charge in [-0.25, -0.2) is 4.79 Å². The van der Waals surface area contributed by atoms with E-state index in [-0.39, 0.29) is 17.4 Å². The van der Waals surface area contributed by atoms with Crippen LogP contribution in [0.3, 0.4) is 0 Å². The van der Waals surface area contributed by atoms with E-state index in [1.54, 1.807) is 24.4 Å². The molecule has 1 aromatic carbocycles. The molecule has 2 amide bonds. The molecule has 29 heavy (non-hydrogen) atoms. The number of methoxy groups -OCH3 is 1. The number of nitrogens with one attached hydrogen (secondary N) is 2. The molecule has 0 saturated carbocycles. The molecule has 3 aromatic rings. The lowest BCUT2D eigenvalue weighted by molar-refractivity contribution is 0.0601. The third-order valence-corrected chi connectivity index (χ3v) is 6.27. The fourth-order valence-corrected chi connectivity index (χ4v) is 4.68. The minimum atomic E-state index is -0.606. The van der Waals surface area contributed by atoms with Gasteiger partial charge in [-0.3, -0.25) is 9.59 Å².